The first-order chi connectivity index (χ1) is 14.7. The van der Waals surface area contributed by atoms with Gasteiger partial charge in [0.15, 0.2) is 11.3 Å². The molecule has 0 fully saturated rings. The first-order valence-electron chi connectivity index (χ1n) is 10.2. The molecular weight excluding hydrogens is 396 g/mol. The van der Waals surface area contributed by atoms with Crippen molar-refractivity contribution in [3.05, 3.63) is 52.3 Å². The number of esters is 2. The number of hydrogen-bond acceptors (Lipinski definition) is 6. The van der Waals surface area contributed by atoms with Crippen LogP contribution in [0.25, 0.3) is 17.0 Å². The Hall–Kier alpha value is -3.28. The number of benzene rings is 1. The first kappa shape index (κ1) is 22.4. The number of ether oxygens (including phenoxy) is 3. The number of hydrogen-bond donors (Lipinski definition) is 0. The van der Waals surface area contributed by atoms with Crippen molar-refractivity contribution in [2.75, 3.05) is 7.11 Å². The number of fused-ring (bicyclic) bond motifs is 2. The van der Waals surface area contributed by atoms with Crippen LogP contribution in [0.3, 0.4) is 0 Å². The largest absolute Gasteiger partial charge is 0.492 e. The van der Waals surface area contributed by atoms with Crippen LogP contribution in [0.5, 0.6) is 11.5 Å². The van der Waals surface area contributed by atoms with E-state index in [4.69, 9.17) is 18.6 Å². The zero-order chi connectivity index (χ0) is 22.9. The summed E-state index contributed by atoms with van der Waals surface area (Å²) in [7, 11) is 1.57. The summed E-state index contributed by atoms with van der Waals surface area (Å²) in [4.78, 5) is 25.1. The molecule has 0 amide bonds. The van der Waals surface area contributed by atoms with E-state index in [1.54, 1.807) is 53.2 Å². The summed E-state index contributed by atoms with van der Waals surface area (Å²) in [6.07, 6.45) is 8.15. The van der Waals surface area contributed by atoms with E-state index in [1.807, 2.05) is 26.0 Å². The van der Waals surface area contributed by atoms with Crippen LogP contribution in [-0.2, 0) is 14.3 Å². The maximum absolute atomic E-state index is 12.7. The van der Waals surface area contributed by atoms with Gasteiger partial charge in [0.2, 0.25) is 0 Å². The van der Waals surface area contributed by atoms with Crippen LogP contribution in [0.4, 0.5) is 0 Å². The van der Waals surface area contributed by atoms with Crippen molar-refractivity contribution >= 4 is 29.0 Å². The molecule has 164 valence electrons. The lowest BCUT2D eigenvalue weighted by atomic mass is 9.83. The van der Waals surface area contributed by atoms with Gasteiger partial charge in [-0.2, -0.15) is 0 Å². The second kappa shape index (κ2) is 8.84. The van der Waals surface area contributed by atoms with Gasteiger partial charge in [0, 0.05) is 28.2 Å². The third-order valence-corrected chi connectivity index (χ3v) is 5.74. The standard InChI is InChI=1S/C25H28O6/c1-8-13(3)24(26)30-18-11-10-17-20(16(18)6)22(31-25(27)14(4)9-2)19-15(5)12-29-23(19)21(17)28-7/h8-12,16,18H,1-7H3/b13-8-,14-9-/t16-,18+/m0/s1. The minimum Gasteiger partial charge on any atom is -0.492 e. The van der Waals surface area contributed by atoms with E-state index in [0.717, 1.165) is 16.7 Å². The van der Waals surface area contributed by atoms with Crippen LogP contribution >= 0.6 is 0 Å². The molecule has 6 heteroatoms. The average molecular weight is 424 g/mol. The summed E-state index contributed by atoms with van der Waals surface area (Å²) in [5.74, 6) is -0.155. The number of carbonyl (C=O) groups excluding carboxylic acids is 2. The lowest BCUT2D eigenvalue weighted by Gasteiger charge is -2.29. The molecule has 0 radical (unpaired) electrons. The third kappa shape index (κ3) is 3.90. The average Bonchev–Trinajstić information content (AvgIpc) is 3.15. The van der Waals surface area contributed by atoms with Crippen LogP contribution in [-0.4, -0.2) is 25.2 Å². The molecule has 2 atom stereocenters. The van der Waals surface area contributed by atoms with E-state index >= 15 is 0 Å². The fraction of sp³-hybridized carbons (Fsp3) is 0.360. The van der Waals surface area contributed by atoms with Gasteiger partial charge >= 0.3 is 11.9 Å². The molecule has 0 saturated heterocycles. The van der Waals surface area contributed by atoms with Gasteiger partial charge in [-0.25, -0.2) is 9.59 Å². The predicted molar refractivity (Wildman–Crippen MR) is 119 cm³/mol. The third-order valence-electron chi connectivity index (χ3n) is 5.74. The van der Waals surface area contributed by atoms with Gasteiger partial charge in [-0.05, 0) is 46.3 Å². The van der Waals surface area contributed by atoms with Gasteiger partial charge in [-0.15, -0.1) is 0 Å². The van der Waals surface area contributed by atoms with Gasteiger partial charge < -0.3 is 18.6 Å². The Morgan fingerprint density at radius 1 is 1.06 bits per heavy atom. The topological polar surface area (TPSA) is 75.0 Å². The van der Waals surface area contributed by atoms with Gasteiger partial charge in [0.25, 0.3) is 0 Å². The maximum atomic E-state index is 12.7. The van der Waals surface area contributed by atoms with Crippen molar-refractivity contribution in [3.8, 4) is 11.5 Å². The van der Waals surface area contributed by atoms with Crippen molar-refractivity contribution in [1.82, 2.24) is 0 Å². The van der Waals surface area contributed by atoms with Crippen molar-refractivity contribution < 1.29 is 28.2 Å². The molecular formula is C25H28O6. The zero-order valence-corrected chi connectivity index (χ0v) is 19.0. The molecule has 1 aliphatic carbocycles. The molecule has 1 aliphatic rings. The Morgan fingerprint density at radius 3 is 2.32 bits per heavy atom. The molecule has 0 N–H and O–H groups in total. The number of allylic oxidation sites excluding steroid dienone is 2. The predicted octanol–water partition coefficient (Wildman–Crippen LogP) is 5.63. The van der Waals surface area contributed by atoms with Gasteiger partial charge in [0.05, 0.1) is 18.8 Å². The number of methoxy groups -OCH3 is 1. The number of rotatable bonds is 5. The molecule has 6 nitrogen and oxygen atoms in total. The zero-order valence-electron chi connectivity index (χ0n) is 19.0. The molecule has 1 aromatic carbocycles. The van der Waals surface area contributed by atoms with Crippen LogP contribution < -0.4 is 9.47 Å². The Morgan fingerprint density at radius 2 is 1.71 bits per heavy atom. The molecule has 0 unspecified atom stereocenters. The monoisotopic (exact) mass is 424 g/mol. The highest BCUT2D eigenvalue weighted by atomic mass is 16.5. The molecule has 1 aromatic heterocycles. The minimum absolute atomic E-state index is 0.282. The first-order valence-corrected chi connectivity index (χ1v) is 10.2. The fourth-order valence-electron chi connectivity index (χ4n) is 3.61. The van der Waals surface area contributed by atoms with E-state index in [-0.39, 0.29) is 11.9 Å². The van der Waals surface area contributed by atoms with E-state index in [9.17, 15) is 9.59 Å². The van der Waals surface area contributed by atoms with Gasteiger partial charge in [-0.1, -0.05) is 25.2 Å². The minimum atomic E-state index is -0.524. The number of carbonyl (C=O) groups is 2. The summed E-state index contributed by atoms with van der Waals surface area (Å²) in [6, 6.07) is 0. The van der Waals surface area contributed by atoms with Crippen LogP contribution in [0.2, 0.25) is 0 Å². The summed E-state index contributed by atoms with van der Waals surface area (Å²) in [6.45, 7) is 10.8. The normalized spacial score (nSPS) is 18.7. The van der Waals surface area contributed by atoms with E-state index < -0.39 is 12.1 Å². The van der Waals surface area contributed by atoms with Crippen LogP contribution in [0, 0.1) is 6.92 Å². The smallest absolute Gasteiger partial charge is 0.338 e. The van der Waals surface area contributed by atoms with E-state index in [2.05, 4.69) is 0 Å². The Labute approximate surface area is 182 Å². The van der Waals surface area contributed by atoms with Crippen molar-refractivity contribution in [3.63, 3.8) is 0 Å². The second-order valence-electron chi connectivity index (χ2n) is 7.66. The SMILES string of the molecule is C/C=C(/C)C(=O)Oc1c2c(c(OC)c3occ(C)c13)C=C[C@@H](OC(=O)/C(C)=C\C)[C@@H]2C. The number of aryl methyl sites for hydroxylation is 1. The second-order valence-corrected chi connectivity index (χ2v) is 7.66. The van der Waals surface area contributed by atoms with E-state index in [1.165, 1.54) is 0 Å². The number of furan rings is 1. The van der Waals surface area contributed by atoms with Crippen LogP contribution in [0.1, 0.15) is 57.2 Å². The molecule has 31 heavy (non-hydrogen) atoms. The summed E-state index contributed by atoms with van der Waals surface area (Å²) < 4.78 is 23.1. The quantitative estimate of drug-likeness (QED) is 0.352. The molecule has 0 aliphatic heterocycles. The summed E-state index contributed by atoms with van der Waals surface area (Å²) in [5.41, 5.74) is 3.83. The molecule has 3 rings (SSSR count). The van der Waals surface area contributed by atoms with Gasteiger partial charge in [0.1, 0.15) is 11.9 Å². The maximum Gasteiger partial charge on any atom is 0.338 e. The van der Waals surface area contributed by atoms with Crippen molar-refractivity contribution in [2.24, 2.45) is 0 Å². The lowest BCUT2D eigenvalue weighted by Crippen LogP contribution is -2.26. The van der Waals surface area contributed by atoms with Crippen LogP contribution in [0.15, 0.2) is 40.1 Å². The highest BCUT2D eigenvalue weighted by Gasteiger charge is 2.35. The molecule has 1 heterocycles. The van der Waals surface area contributed by atoms with E-state index in [0.29, 0.717) is 33.6 Å². The molecule has 0 saturated carbocycles. The van der Waals surface area contributed by atoms with Gasteiger partial charge in [-0.3, -0.25) is 0 Å². The molecule has 2 aromatic rings. The molecule has 0 bridgehead atoms. The summed E-state index contributed by atoms with van der Waals surface area (Å²) in [5, 5.41) is 0.671. The summed E-state index contributed by atoms with van der Waals surface area (Å²) >= 11 is 0. The highest BCUT2D eigenvalue weighted by molar-refractivity contribution is 6.00. The Kier molecular flexibility index (Phi) is 6.39. The highest BCUT2D eigenvalue weighted by Crippen LogP contribution is 2.49. The van der Waals surface area contributed by atoms with Crippen molar-refractivity contribution in [1.29, 1.82) is 0 Å². The van der Waals surface area contributed by atoms with Crippen molar-refractivity contribution in [2.45, 2.75) is 53.6 Å². The fourth-order valence-corrected chi connectivity index (χ4v) is 3.61. The lowest BCUT2D eigenvalue weighted by molar-refractivity contribution is -0.143. The Bertz CT molecular complexity index is 1130. The Balaban J connectivity index is 2.22. The molecule has 0 spiro atoms.